The molecule has 0 amide bonds. The molecule has 0 saturated heterocycles. The van der Waals surface area contributed by atoms with E-state index in [9.17, 15) is 8.42 Å². The van der Waals surface area contributed by atoms with Gasteiger partial charge in [0.2, 0.25) is 0 Å². The molecule has 0 radical (unpaired) electrons. The highest BCUT2D eigenvalue weighted by Gasteiger charge is 2.29. The van der Waals surface area contributed by atoms with Gasteiger partial charge in [-0.1, -0.05) is 46.4 Å². The molecule has 136 valence electrons. The van der Waals surface area contributed by atoms with Crippen LogP contribution in [-0.2, 0) is 10.1 Å². The first kappa shape index (κ1) is 23.0. The van der Waals surface area contributed by atoms with Crippen LogP contribution in [0.15, 0.2) is 33.3 Å². The largest absolute Gasteiger partial charge is 0.376 e. The molecule has 3 nitrogen and oxygen atoms in total. The Labute approximate surface area is 205 Å². The zero-order valence-electron chi connectivity index (χ0n) is 11.1. The number of benzene rings is 2. The van der Waals surface area contributed by atoms with Gasteiger partial charge >= 0.3 is 10.1 Å². The first-order chi connectivity index (χ1) is 11.4. The lowest BCUT2D eigenvalue weighted by Gasteiger charge is -2.16. The van der Waals surface area contributed by atoms with Gasteiger partial charge in [0.1, 0.15) is 4.90 Å². The van der Waals surface area contributed by atoms with Gasteiger partial charge < -0.3 is 4.18 Å². The third-order valence-corrected chi connectivity index (χ3v) is 11.8. The third kappa shape index (κ3) is 4.51. The van der Waals surface area contributed by atoms with E-state index in [0.717, 1.165) is 6.07 Å². The highest BCUT2D eigenvalue weighted by atomic mass is 79.9. The lowest BCUT2D eigenvalue weighted by molar-refractivity contribution is 0.482. The van der Waals surface area contributed by atoms with Gasteiger partial charge in [0.25, 0.3) is 0 Å². The average molecular weight is 767 g/mol. The van der Waals surface area contributed by atoms with Crippen LogP contribution in [0.4, 0.5) is 0 Å². The van der Waals surface area contributed by atoms with Crippen LogP contribution in [0.1, 0.15) is 0 Å². The van der Waals surface area contributed by atoms with Crippen LogP contribution in [0.2, 0.25) is 20.1 Å². The fraction of sp³-hybridized carbons (Fsp3) is 0. The maximum atomic E-state index is 12.7. The Morgan fingerprint density at radius 2 is 1.16 bits per heavy atom. The molecule has 0 aliphatic rings. The Morgan fingerprint density at radius 3 is 1.64 bits per heavy atom. The highest BCUT2D eigenvalue weighted by Crippen LogP contribution is 2.50. The molecule has 0 aliphatic heterocycles. The molecular formula is C12HBr5Cl4O3S. The predicted octanol–water partition coefficient (Wildman–Crippen LogP) is 8.88. The Bertz CT molecular complexity index is 968. The Hall–Kier alpha value is 1.75. The fourth-order valence-corrected chi connectivity index (χ4v) is 7.20. The summed E-state index contributed by atoms with van der Waals surface area (Å²) in [5.41, 5.74) is 0. The minimum atomic E-state index is -4.37. The van der Waals surface area contributed by atoms with E-state index in [0.29, 0.717) is 22.4 Å². The van der Waals surface area contributed by atoms with Gasteiger partial charge in [-0.15, -0.1) is 0 Å². The highest BCUT2D eigenvalue weighted by molar-refractivity contribution is 9.15. The summed E-state index contributed by atoms with van der Waals surface area (Å²) >= 11 is 40.2. The topological polar surface area (TPSA) is 43.4 Å². The lowest BCUT2D eigenvalue weighted by Crippen LogP contribution is -2.12. The number of rotatable bonds is 3. The monoisotopic (exact) mass is 759 g/mol. The smallest absolute Gasteiger partial charge is 0.340 e. The van der Waals surface area contributed by atoms with Crippen molar-refractivity contribution in [1.82, 2.24) is 0 Å². The lowest BCUT2D eigenvalue weighted by atomic mass is 10.3. The summed E-state index contributed by atoms with van der Waals surface area (Å²) in [5, 5.41) is -0.605. The average Bonchev–Trinajstić information content (AvgIpc) is 2.56. The molecule has 2 rings (SSSR count). The minimum absolute atomic E-state index is 0.0137. The van der Waals surface area contributed by atoms with Crippen LogP contribution >= 0.6 is 126 Å². The van der Waals surface area contributed by atoms with Gasteiger partial charge in [0, 0.05) is 4.47 Å². The first-order valence-corrected chi connectivity index (χ1v) is 12.6. The van der Waals surface area contributed by atoms with Crippen LogP contribution in [-0.4, -0.2) is 8.42 Å². The van der Waals surface area contributed by atoms with E-state index in [4.69, 9.17) is 50.6 Å². The van der Waals surface area contributed by atoms with Crippen LogP contribution < -0.4 is 4.18 Å². The summed E-state index contributed by atoms with van der Waals surface area (Å²) in [7, 11) is -4.37. The van der Waals surface area contributed by atoms with Crippen LogP contribution in [0.5, 0.6) is 5.75 Å². The number of halogens is 9. The second-order valence-electron chi connectivity index (χ2n) is 4.23. The van der Waals surface area contributed by atoms with Gasteiger partial charge in [-0.3, -0.25) is 0 Å². The first-order valence-electron chi connectivity index (χ1n) is 5.69. The van der Waals surface area contributed by atoms with E-state index in [2.05, 4.69) is 79.6 Å². The molecule has 0 bridgehead atoms. The third-order valence-electron chi connectivity index (χ3n) is 2.70. The molecule has 0 unspecified atom stereocenters. The summed E-state index contributed by atoms with van der Waals surface area (Å²) in [4.78, 5) is -0.414. The second kappa shape index (κ2) is 8.63. The van der Waals surface area contributed by atoms with E-state index in [1.54, 1.807) is 0 Å². The normalized spacial score (nSPS) is 11.7. The summed E-state index contributed by atoms with van der Waals surface area (Å²) in [6.07, 6.45) is 0. The van der Waals surface area contributed by atoms with E-state index >= 15 is 0 Å². The Balaban J connectivity index is 2.67. The van der Waals surface area contributed by atoms with E-state index in [1.165, 1.54) is 0 Å². The molecule has 0 spiro atoms. The van der Waals surface area contributed by atoms with Crippen molar-refractivity contribution in [3.8, 4) is 5.75 Å². The summed E-state index contributed by atoms with van der Waals surface area (Å²) in [6, 6.07) is 1.07. The van der Waals surface area contributed by atoms with Crippen molar-refractivity contribution < 1.29 is 12.6 Å². The molecular weight excluding hydrogens is 766 g/mol. The number of hydrogen-bond acceptors (Lipinski definition) is 3. The van der Waals surface area contributed by atoms with Gasteiger partial charge in [-0.2, -0.15) is 8.42 Å². The van der Waals surface area contributed by atoms with Crippen molar-refractivity contribution in [2.24, 2.45) is 0 Å². The molecule has 0 N–H and O–H groups in total. The second-order valence-corrected chi connectivity index (χ2v) is 11.3. The van der Waals surface area contributed by atoms with Crippen molar-refractivity contribution >= 4 is 136 Å². The molecule has 0 atom stereocenters. The van der Waals surface area contributed by atoms with Crippen LogP contribution in [0, 0.1) is 0 Å². The molecule has 25 heavy (non-hydrogen) atoms. The molecule has 0 heterocycles. The minimum Gasteiger partial charge on any atom is -0.376 e. The van der Waals surface area contributed by atoms with Crippen molar-refractivity contribution in [1.29, 1.82) is 0 Å². The van der Waals surface area contributed by atoms with Crippen molar-refractivity contribution in [3.05, 3.63) is 48.5 Å². The maximum Gasteiger partial charge on any atom is 0.340 e. The van der Waals surface area contributed by atoms with Crippen molar-refractivity contribution in [3.63, 3.8) is 0 Å². The molecule has 0 aromatic heterocycles. The number of hydrogen-bond donors (Lipinski definition) is 0. The quantitative estimate of drug-likeness (QED) is 0.178. The van der Waals surface area contributed by atoms with E-state index < -0.39 is 15.0 Å². The van der Waals surface area contributed by atoms with E-state index in [1.807, 2.05) is 0 Å². The van der Waals surface area contributed by atoms with Gasteiger partial charge in [0.15, 0.2) is 5.75 Å². The summed E-state index contributed by atoms with van der Waals surface area (Å²) in [5.74, 6) is -0.0137. The molecule has 13 heteroatoms. The zero-order chi connectivity index (χ0) is 19.3. The molecule has 0 fully saturated rings. The molecule has 0 aliphatic carbocycles. The Morgan fingerprint density at radius 1 is 0.720 bits per heavy atom. The SMILES string of the molecule is O=S(=O)(Oc1c(Br)c(Br)c(Br)c(Br)c1Br)c1cc(Cl)c(Cl)c(Cl)c1Cl. The zero-order valence-corrected chi connectivity index (χ0v) is 22.9. The van der Waals surface area contributed by atoms with Gasteiger partial charge in [-0.25, -0.2) is 0 Å². The maximum absolute atomic E-state index is 12.7. The summed E-state index contributed by atoms with van der Waals surface area (Å²) < 4.78 is 33.1. The molecule has 0 saturated carbocycles. The van der Waals surface area contributed by atoms with E-state index in [-0.39, 0.29) is 25.8 Å². The predicted molar refractivity (Wildman–Crippen MR) is 119 cm³/mol. The van der Waals surface area contributed by atoms with Gasteiger partial charge in [-0.05, 0) is 85.7 Å². The Kier molecular flexibility index (Phi) is 7.95. The molecule has 2 aromatic carbocycles. The molecule has 2 aromatic rings. The van der Waals surface area contributed by atoms with Crippen molar-refractivity contribution in [2.45, 2.75) is 4.90 Å². The summed E-state index contributed by atoms with van der Waals surface area (Å²) in [6.45, 7) is 0. The fourth-order valence-electron chi connectivity index (χ4n) is 1.55. The van der Waals surface area contributed by atoms with Gasteiger partial charge in [0.05, 0.1) is 38.0 Å². The standard InChI is InChI=1S/C12HBr5Cl4O3S/c13-4-5(14)7(16)12(8(17)6(4)15)24-25(22,23)3-1-2(18)9(19)11(21)10(3)20/h1H. The van der Waals surface area contributed by atoms with Crippen LogP contribution in [0.3, 0.4) is 0 Å². The van der Waals surface area contributed by atoms with Crippen molar-refractivity contribution in [2.75, 3.05) is 0 Å². The van der Waals surface area contributed by atoms with Crippen LogP contribution in [0.25, 0.3) is 0 Å².